The van der Waals surface area contributed by atoms with Crippen LogP contribution in [0.3, 0.4) is 0 Å². The molecule has 4 atom stereocenters. The van der Waals surface area contributed by atoms with Gasteiger partial charge in [0.25, 0.3) is 0 Å². The highest BCUT2D eigenvalue weighted by molar-refractivity contribution is 6.20. The van der Waals surface area contributed by atoms with Gasteiger partial charge in [-0.1, -0.05) is 24.9 Å². The first kappa shape index (κ1) is 11.5. The number of rotatable bonds is 4. The van der Waals surface area contributed by atoms with Crippen LogP contribution in [0.1, 0.15) is 68.5 Å². The third-order valence-corrected chi connectivity index (χ3v) is 4.75. The Bertz CT molecular complexity index is 393. The van der Waals surface area contributed by atoms with Gasteiger partial charge >= 0.3 is 0 Å². The minimum atomic E-state index is -0.0870. The summed E-state index contributed by atoms with van der Waals surface area (Å²) in [6.45, 7) is 2.12. The third kappa shape index (κ3) is 2.10. The van der Waals surface area contributed by atoms with Crippen LogP contribution in [-0.4, -0.2) is 10.1 Å². The first-order chi connectivity index (χ1) is 8.28. The molecule has 1 aromatic heterocycles. The molecule has 2 aliphatic carbocycles. The normalized spacial score (nSPS) is 33.2. The Balaban J connectivity index is 1.72. The van der Waals surface area contributed by atoms with Gasteiger partial charge in [-0.15, -0.1) is 11.6 Å². The van der Waals surface area contributed by atoms with E-state index in [9.17, 15) is 0 Å². The maximum absolute atomic E-state index is 6.22. The quantitative estimate of drug-likeness (QED) is 0.761. The number of halogens is 1. The summed E-state index contributed by atoms with van der Waals surface area (Å²) >= 11 is 6.22. The lowest BCUT2D eigenvalue weighted by molar-refractivity contribution is 0.300. The monoisotopic (exact) mass is 254 g/mol. The van der Waals surface area contributed by atoms with Gasteiger partial charge in [-0.05, 0) is 37.5 Å². The molecule has 3 rings (SSSR count). The van der Waals surface area contributed by atoms with Crippen LogP contribution in [0, 0.1) is 11.8 Å². The van der Waals surface area contributed by atoms with E-state index in [2.05, 4.69) is 17.1 Å². The van der Waals surface area contributed by atoms with Gasteiger partial charge in [-0.25, -0.2) is 0 Å². The summed E-state index contributed by atoms with van der Waals surface area (Å²) in [6, 6.07) is 0. The SMILES string of the molecule is CCCC(Cl)c1noc(C2CC3CCC2C3)n1. The van der Waals surface area contributed by atoms with Crippen LogP contribution in [0.4, 0.5) is 0 Å². The molecule has 0 spiro atoms. The summed E-state index contributed by atoms with van der Waals surface area (Å²) in [4.78, 5) is 4.52. The van der Waals surface area contributed by atoms with E-state index in [1.54, 1.807) is 0 Å². The lowest BCUT2D eigenvalue weighted by Gasteiger charge is -2.17. The van der Waals surface area contributed by atoms with Crippen molar-refractivity contribution in [1.82, 2.24) is 10.1 Å². The van der Waals surface area contributed by atoms with Crippen molar-refractivity contribution in [2.45, 2.75) is 56.7 Å². The second kappa shape index (κ2) is 4.60. The van der Waals surface area contributed by atoms with Gasteiger partial charge in [0.1, 0.15) is 0 Å². The van der Waals surface area contributed by atoms with E-state index in [0.717, 1.165) is 30.6 Å². The molecule has 4 heteroatoms. The summed E-state index contributed by atoms with van der Waals surface area (Å²) in [7, 11) is 0. The van der Waals surface area contributed by atoms with E-state index >= 15 is 0 Å². The Morgan fingerprint density at radius 3 is 2.94 bits per heavy atom. The Hall–Kier alpha value is -0.570. The highest BCUT2D eigenvalue weighted by atomic mass is 35.5. The summed E-state index contributed by atoms with van der Waals surface area (Å²) in [6.07, 6.45) is 7.31. The Labute approximate surface area is 107 Å². The number of hydrogen-bond acceptors (Lipinski definition) is 3. The molecule has 17 heavy (non-hydrogen) atoms. The van der Waals surface area contributed by atoms with Crippen LogP contribution < -0.4 is 0 Å². The minimum absolute atomic E-state index is 0.0870. The Kier molecular flexibility index (Phi) is 3.12. The molecule has 4 unspecified atom stereocenters. The Morgan fingerprint density at radius 2 is 2.29 bits per heavy atom. The van der Waals surface area contributed by atoms with Gasteiger partial charge in [0.15, 0.2) is 5.82 Å². The predicted molar refractivity (Wildman–Crippen MR) is 66.0 cm³/mol. The summed E-state index contributed by atoms with van der Waals surface area (Å²) < 4.78 is 5.42. The van der Waals surface area contributed by atoms with Crippen molar-refractivity contribution in [2.75, 3.05) is 0 Å². The van der Waals surface area contributed by atoms with Gasteiger partial charge < -0.3 is 4.52 Å². The zero-order valence-corrected chi connectivity index (χ0v) is 11.0. The lowest BCUT2D eigenvalue weighted by atomic mass is 9.89. The molecule has 3 nitrogen and oxygen atoms in total. The first-order valence-corrected chi connectivity index (χ1v) is 7.19. The first-order valence-electron chi connectivity index (χ1n) is 6.75. The standard InChI is InChI=1S/C13H19ClN2O/c1-2-3-11(14)12-15-13(17-16-12)10-7-8-4-5-9(10)6-8/h8-11H,2-7H2,1H3. The van der Waals surface area contributed by atoms with E-state index in [1.807, 2.05) is 0 Å². The molecule has 0 N–H and O–H groups in total. The Morgan fingerprint density at radius 1 is 1.41 bits per heavy atom. The number of nitrogens with zero attached hydrogens (tertiary/aromatic N) is 2. The molecule has 2 fully saturated rings. The molecule has 0 aliphatic heterocycles. The van der Waals surface area contributed by atoms with E-state index in [1.165, 1.54) is 25.7 Å². The molecule has 2 aliphatic rings. The van der Waals surface area contributed by atoms with Gasteiger partial charge in [0.2, 0.25) is 5.89 Å². The molecule has 94 valence electrons. The van der Waals surface area contributed by atoms with Gasteiger partial charge in [-0.2, -0.15) is 4.98 Å². The summed E-state index contributed by atoms with van der Waals surface area (Å²) in [5.41, 5.74) is 0. The van der Waals surface area contributed by atoms with Crippen molar-refractivity contribution in [3.63, 3.8) is 0 Å². The highest BCUT2D eigenvalue weighted by Gasteiger charge is 2.43. The zero-order valence-electron chi connectivity index (χ0n) is 10.2. The molecule has 0 saturated heterocycles. The third-order valence-electron chi connectivity index (χ3n) is 4.34. The second-order valence-electron chi connectivity index (χ2n) is 5.53. The van der Waals surface area contributed by atoms with Crippen LogP contribution in [0.15, 0.2) is 4.52 Å². The van der Waals surface area contributed by atoms with Crippen LogP contribution in [0.25, 0.3) is 0 Å². The summed E-state index contributed by atoms with van der Waals surface area (Å²) in [5.74, 6) is 3.73. The zero-order chi connectivity index (χ0) is 11.8. The van der Waals surface area contributed by atoms with Crippen LogP contribution in [-0.2, 0) is 0 Å². The smallest absolute Gasteiger partial charge is 0.230 e. The fourth-order valence-corrected chi connectivity index (χ4v) is 3.76. The largest absolute Gasteiger partial charge is 0.339 e. The van der Waals surface area contributed by atoms with Crippen molar-refractivity contribution in [3.05, 3.63) is 11.7 Å². The summed E-state index contributed by atoms with van der Waals surface area (Å²) in [5, 5.41) is 3.96. The fourth-order valence-electron chi connectivity index (χ4n) is 3.45. The average molecular weight is 255 g/mol. The van der Waals surface area contributed by atoms with E-state index in [4.69, 9.17) is 16.1 Å². The molecule has 2 saturated carbocycles. The van der Waals surface area contributed by atoms with E-state index in [0.29, 0.717) is 11.7 Å². The molecular weight excluding hydrogens is 236 g/mol. The van der Waals surface area contributed by atoms with Crippen molar-refractivity contribution < 1.29 is 4.52 Å². The second-order valence-corrected chi connectivity index (χ2v) is 6.06. The van der Waals surface area contributed by atoms with Crippen LogP contribution in [0.2, 0.25) is 0 Å². The van der Waals surface area contributed by atoms with Crippen LogP contribution >= 0.6 is 11.6 Å². The number of alkyl halides is 1. The molecule has 1 heterocycles. The van der Waals surface area contributed by atoms with Gasteiger partial charge in [0, 0.05) is 5.92 Å². The molecule has 1 aromatic rings. The van der Waals surface area contributed by atoms with Crippen molar-refractivity contribution >= 4 is 11.6 Å². The molecule has 0 amide bonds. The molecule has 0 radical (unpaired) electrons. The average Bonchev–Trinajstić information content (AvgIpc) is 3.05. The van der Waals surface area contributed by atoms with Crippen molar-refractivity contribution in [2.24, 2.45) is 11.8 Å². The molecule has 2 bridgehead atoms. The molecule has 0 aromatic carbocycles. The van der Waals surface area contributed by atoms with Crippen molar-refractivity contribution in [3.8, 4) is 0 Å². The van der Waals surface area contributed by atoms with E-state index in [-0.39, 0.29) is 5.38 Å². The molecular formula is C13H19ClN2O. The maximum atomic E-state index is 6.22. The predicted octanol–water partition coefficient (Wildman–Crippen LogP) is 4.05. The maximum Gasteiger partial charge on any atom is 0.230 e. The topological polar surface area (TPSA) is 38.9 Å². The van der Waals surface area contributed by atoms with Gasteiger partial charge in [-0.3, -0.25) is 0 Å². The lowest BCUT2D eigenvalue weighted by Crippen LogP contribution is -2.09. The number of hydrogen-bond donors (Lipinski definition) is 0. The van der Waals surface area contributed by atoms with Gasteiger partial charge in [0.05, 0.1) is 5.38 Å². The van der Waals surface area contributed by atoms with Crippen LogP contribution in [0.5, 0.6) is 0 Å². The fraction of sp³-hybridized carbons (Fsp3) is 0.846. The highest BCUT2D eigenvalue weighted by Crippen LogP contribution is 2.52. The minimum Gasteiger partial charge on any atom is -0.339 e. The number of fused-ring (bicyclic) bond motifs is 2. The van der Waals surface area contributed by atoms with Crippen molar-refractivity contribution in [1.29, 1.82) is 0 Å². The van der Waals surface area contributed by atoms with E-state index < -0.39 is 0 Å². The number of aromatic nitrogens is 2.